The topological polar surface area (TPSA) is 89.9 Å². The van der Waals surface area contributed by atoms with Crippen LogP contribution in [-0.4, -0.2) is 36.6 Å². The van der Waals surface area contributed by atoms with Gasteiger partial charge in [-0.2, -0.15) is 0 Å². The number of nitrogens with one attached hydrogen (secondary N) is 1. The van der Waals surface area contributed by atoms with E-state index in [1.54, 1.807) is 36.8 Å². The highest BCUT2D eigenvalue weighted by Gasteiger charge is 2.33. The molecule has 0 spiro atoms. The third-order valence-electron chi connectivity index (χ3n) is 5.79. The second kappa shape index (κ2) is 10.6. The van der Waals surface area contributed by atoms with Gasteiger partial charge in [-0.05, 0) is 70.7 Å². The minimum atomic E-state index is -4.85. The van der Waals surface area contributed by atoms with Crippen LogP contribution in [-0.2, 0) is 11.3 Å². The number of alkyl halides is 3. The van der Waals surface area contributed by atoms with Crippen molar-refractivity contribution in [2.24, 2.45) is 0 Å². The molecule has 0 unspecified atom stereocenters. The van der Waals surface area contributed by atoms with E-state index >= 15 is 0 Å². The number of rotatable bonds is 8. The Balaban J connectivity index is 1.74. The average molecular weight is 533 g/mol. The first-order valence-corrected chi connectivity index (χ1v) is 11.9. The highest BCUT2D eigenvalue weighted by Crippen LogP contribution is 2.46. The number of allylic oxidation sites excluding steroid dienone is 2. The van der Waals surface area contributed by atoms with Crippen LogP contribution in [0.1, 0.15) is 34.9 Å². The van der Waals surface area contributed by atoms with Crippen molar-refractivity contribution in [2.75, 3.05) is 14.2 Å². The fourth-order valence-electron chi connectivity index (χ4n) is 4.09. The lowest BCUT2D eigenvalue weighted by molar-refractivity contribution is -0.274. The molecule has 2 aromatic carbocycles. The summed E-state index contributed by atoms with van der Waals surface area (Å²) in [4.78, 5) is 17.6. The quantitative estimate of drug-likeness (QED) is 0.381. The van der Waals surface area contributed by atoms with Crippen molar-refractivity contribution in [3.8, 4) is 23.0 Å². The van der Waals surface area contributed by atoms with Crippen LogP contribution in [0.4, 0.5) is 13.2 Å². The van der Waals surface area contributed by atoms with Crippen LogP contribution in [0.25, 0.3) is 17.2 Å². The Morgan fingerprint density at radius 2 is 1.84 bits per heavy atom. The third-order valence-corrected chi connectivity index (χ3v) is 6.57. The molecule has 0 saturated heterocycles. The summed E-state index contributed by atoms with van der Waals surface area (Å²) in [7, 11) is 2.82. The van der Waals surface area contributed by atoms with Gasteiger partial charge < -0.3 is 24.6 Å². The third kappa shape index (κ3) is 5.88. The summed E-state index contributed by atoms with van der Waals surface area (Å²) in [6.45, 7) is 2.10. The summed E-state index contributed by atoms with van der Waals surface area (Å²) >= 11 is 1.40. The Morgan fingerprint density at radius 3 is 2.43 bits per heavy atom. The monoisotopic (exact) mass is 532 g/mol. The maximum absolute atomic E-state index is 12.9. The number of phenols is 1. The molecule has 4 rings (SSSR count). The van der Waals surface area contributed by atoms with Crippen LogP contribution in [0.3, 0.4) is 0 Å². The average Bonchev–Trinajstić information content (AvgIpc) is 3.45. The molecule has 7 nitrogen and oxygen atoms in total. The van der Waals surface area contributed by atoms with Crippen molar-refractivity contribution in [1.82, 2.24) is 10.3 Å². The van der Waals surface area contributed by atoms with Gasteiger partial charge in [0.2, 0.25) is 11.7 Å². The van der Waals surface area contributed by atoms with Crippen LogP contribution in [0, 0.1) is 0 Å². The van der Waals surface area contributed by atoms with Crippen molar-refractivity contribution in [3.05, 3.63) is 69.2 Å². The number of ether oxygens (including phenoxy) is 3. The Kier molecular flexibility index (Phi) is 7.44. The van der Waals surface area contributed by atoms with Crippen molar-refractivity contribution >= 4 is 34.5 Å². The van der Waals surface area contributed by atoms with Crippen LogP contribution in [0.2, 0.25) is 0 Å². The zero-order valence-corrected chi connectivity index (χ0v) is 20.9. The van der Waals surface area contributed by atoms with Crippen LogP contribution < -0.4 is 19.5 Å². The first-order valence-electron chi connectivity index (χ1n) is 11.0. The van der Waals surface area contributed by atoms with Gasteiger partial charge in [-0.15, -0.1) is 24.5 Å². The second-order valence-corrected chi connectivity index (χ2v) is 9.08. The number of halogens is 3. The molecule has 0 saturated carbocycles. The Morgan fingerprint density at radius 1 is 1.14 bits per heavy atom. The molecule has 2 N–H and O–H groups in total. The molecule has 0 aliphatic heterocycles. The fraction of sp³-hybridized carbons (Fsp3) is 0.231. The number of aromatic nitrogens is 1. The van der Waals surface area contributed by atoms with Crippen molar-refractivity contribution < 1.29 is 37.3 Å². The summed E-state index contributed by atoms with van der Waals surface area (Å²) in [5, 5.41) is 13.1. The molecule has 1 amide bonds. The van der Waals surface area contributed by atoms with Crippen molar-refractivity contribution in [2.45, 2.75) is 26.3 Å². The van der Waals surface area contributed by atoms with Gasteiger partial charge in [0.1, 0.15) is 5.75 Å². The predicted molar refractivity (Wildman–Crippen MR) is 133 cm³/mol. The normalized spacial score (nSPS) is 14.1. The standard InChI is InChI=1S/C26H23F3N2O5S/c1-14-19(6-15-7-22(34-2)25(33)23(8-15)35-3)18-5-4-16(36-26(27,28)29)9-21(18)20(14)10-24(32)31-12-17-11-30-13-37-17/h4-9,11,13,33H,10,12H2,1-3H3,(H,31,32). The van der Waals surface area contributed by atoms with Gasteiger partial charge in [0.15, 0.2) is 11.5 Å². The molecule has 1 heterocycles. The molecule has 0 fully saturated rings. The Labute approximate surface area is 214 Å². The molecule has 1 aromatic heterocycles. The number of fused-ring (bicyclic) bond motifs is 1. The van der Waals surface area contributed by atoms with E-state index in [0.717, 1.165) is 10.5 Å². The highest BCUT2D eigenvalue weighted by atomic mass is 32.1. The number of aromatic hydroxyl groups is 1. The minimum Gasteiger partial charge on any atom is -0.502 e. The number of nitrogens with zero attached hydrogens (tertiary/aromatic N) is 1. The second-order valence-electron chi connectivity index (χ2n) is 8.11. The lowest BCUT2D eigenvalue weighted by atomic mass is 10.00. The molecule has 37 heavy (non-hydrogen) atoms. The molecule has 0 bridgehead atoms. The highest BCUT2D eigenvalue weighted by molar-refractivity contribution is 7.09. The Hall–Kier alpha value is -3.99. The number of hydrogen-bond acceptors (Lipinski definition) is 7. The number of benzene rings is 2. The number of carbonyl (C=O) groups excluding carboxylic acids is 1. The SMILES string of the molecule is COc1cc(C=C2C(C)=C(CC(=O)NCc3cncs3)c3cc(OC(F)(F)F)ccc32)cc(OC)c1O. The van der Waals surface area contributed by atoms with E-state index in [1.807, 2.05) is 0 Å². The van der Waals surface area contributed by atoms with E-state index in [-0.39, 0.29) is 35.3 Å². The number of carbonyl (C=O) groups is 1. The molecule has 0 radical (unpaired) electrons. The predicted octanol–water partition coefficient (Wildman–Crippen LogP) is 5.80. The number of amides is 1. The zero-order valence-electron chi connectivity index (χ0n) is 20.1. The molecular weight excluding hydrogens is 509 g/mol. The van der Waals surface area contributed by atoms with Crippen molar-refractivity contribution in [3.63, 3.8) is 0 Å². The van der Waals surface area contributed by atoms with Crippen LogP contribution in [0.5, 0.6) is 23.0 Å². The number of phenolic OH excluding ortho intramolecular Hbond substituents is 1. The first kappa shape index (κ1) is 26.1. The van der Waals surface area contributed by atoms with E-state index in [9.17, 15) is 23.1 Å². The number of hydrogen-bond donors (Lipinski definition) is 2. The number of methoxy groups -OCH3 is 2. The first-order chi connectivity index (χ1) is 17.6. The minimum absolute atomic E-state index is 0.0489. The molecule has 3 aromatic rings. The fourth-order valence-corrected chi connectivity index (χ4v) is 4.62. The van der Waals surface area contributed by atoms with Crippen molar-refractivity contribution in [1.29, 1.82) is 0 Å². The van der Waals surface area contributed by atoms with Gasteiger partial charge in [-0.1, -0.05) is 6.07 Å². The van der Waals surface area contributed by atoms with Gasteiger partial charge in [0.05, 0.1) is 32.7 Å². The maximum Gasteiger partial charge on any atom is 0.573 e. The lowest BCUT2D eigenvalue weighted by Crippen LogP contribution is -2.22. The number of thiazole rings is 1. The summed E-state index contributed by atoms with van der Waals surface area (Å²) in [6.07, 6.45) is -1.45. The lowest BCUT2D eigenvalue weighted by Gasteiger charge is -2.12. The molecule has 1 aliphatic rings. The van der Waals surface area contributed by atoms with E-state index in [4.69, 9.17) is 9.47 Å². The molecule has 1 aliphatic carbocycles. The molecular formula is C26H23F3N2O5S. The van der Waals surface area contributed by atoms with Gasteiger partial charge in [0.25, 0.3) is 0 Å². The zero-order chi connectivity index (χ0) is 26.7. The summed E-state index contributed by atoms with van der Waals surface area (Å²) in [6, 6.07) is 7.27. The van der Waals surface area contributed by atoms with Crippen LogP contribution in [0.15, 0.2) is 47.6 Å². The maximum atomic E-state index is 12.9. The molecule has 11 heteroatoms. The van der Waals surface area contributed by atoms with Gasteiger partial charge in [-0.3, -0.25) is 9.78 Å². The van der Waals surface area contributed by atoms with Gasteiger partial charge >= 0.3 is 6.36 Å². The van der Waals surface area contributed by atoms with Gasteiger partial charge in [-0.25, -0.2) is 0 Å². The summed E-state index contributed by atoms with van der Waals surface area (Å²) in [5.74, 6) is -0.426. The smallest absolute Gasteiger partial charge is 0.502 e. The van der Waals surface area contributed by atoms with E-state index < -0.39 is 6.36 Å². The molecule has 0 atom stereocenters. The van der Waals surface area contributed by atoms with E-state index in [1.165, 1.54) is 43.8 Å². The summed E-state index contributed by atoms with van der Waals surface area (Å²) < 4.78 is 53.3. The van der Waals surface area contributed by atoms with E-state index in [0.29, 0.717) is 34.4 Å². The van der Waals surface area contributed by atoms with Crippen LogP contribution >= 0.6 is 11.3 Å². The Bertz CT molecular complexity index is 1360. The summed E-state index contributed by atoms with van der Waals surface area (Å²) in [5.41, 5.74) is 5.39. The largest absolute Gasteiger partial charge is 0.573 e. The van der Waals surface area contributed by atoms with Gasteiger partial charge in [0, 0.05) is 11.1 Å². The van der Waals surface area contributed by atoms with E-state index in [2.05, 4.69) is 15.0 Å². The molecule has 194 valence electrons.